The second-order valence-corrected chi connectivity index (χ2v) is 5.19. The van der Waals surface area contributed by atoms with E-state index in [-0.39, 0.29) is 24.8 Å². The van der Waals surface area contributed by atoms with E-state index in [1.807, 2.05) is 0 Å². The minimum absolute atomic E-state index is 0. The fourth-order valence-corrected chi connectivity index (χ4v) is 2.73. The summed E-state index contributed by atoms with van der Waals surface area (Å²) in [4.78, 5) is 5.16. The van der Waals surface area contributed by atoms with Crippen molar-refractivity contribution >= 4 is 24.8 Å². The molecule has 2 fully saturated rings. The van der Waals surface area contributed by atoms with Crippen LogP contribution in [0.25, 0.3) is 0 Å². The molecule has 18 heavy (non-hydrogen) atoms. The van der Waals surface area contributed by atoms with Crippen molar-refractivity contribution in [1.82, 2.24) is 9.80 Å². The van der Waals surface area contributed by atoms with E-state index in [0.717, 1.165) is 0 Å². The largest absolute Gasteiger partial charge is 0.300 e. The third-order valence-corrected chi connectivity index (χ3v) is 3.79. The lowest BCUT2D eigenvalue weighted by molar-refractivity contribution is 0.245. The lowest BCUT2D eigenvalue weighted by Gasteiger charge is -2.26. The molecule has 2 heterocycles. The van der Waals surface area contributed by atoms with Crippen LogP contribution in [-0.2, 0) is 0 Å². The molecule has 0 aromatic heterocycles. The summed E-state index contributed by atoms with van der Waals surface area (Å²) < 4.78 is 0. The van der Waals surface area contributed by atoms with Crippen LogP contribution < -0.4 is 0 Å². The maximum absolute atomic E-state index is 2.58. The highest BCUT2D eigenvalue weighted by Crippen LogP contribution is 2.09. The molecule has 0 amide bonds. The van der Waals surface area contributed by atoms with E-state index in [1.165, 1.54) is 77.8 Å². The van der Waals surface area contributed by atoms with Gasteiger partial charge in [0.1, 0.15) is 0 Å². The van der Waals surface area contributed by atoms with E-state index in [2.05, 4.69) is 22.0 Å². The third-order valence-electron chi connectivity index (χ3n) is 3.79. The van der Waals surface area contributed by atoms with Gasteiger partial charge in [-0.25, -0.2) is 0 Å². The highest BCUT2D eigenvalue weighted by molar-refractivity contribution is 5.85. The molecule has 2 aliphatic heterocycles. The van der Waals surface area contributed by atoms with Crippen LogP contribution in [0, 0.1) is 0 Å². The van der Waals surface area contributed by atoms with Crippen molar-refractivity contribution in [2.45, 2.75) is 38.5 Å². The summed E-state index contributed by atoms with van der Waals surface area (Å²) in [7, 11) is 0. The van der Waals surface area contributed by atoms with Crippen molar-refractivity contribution < 1.29 is 0 Å². The van der Waals surface area contributed by atoms with Gasteiger partial charge in [0.25, 0.3) is 0 Å². The Balaban J connectivity index is 0.00000144. The van der Waals surface area contributed by atoms with Gasteiger partial charge in [-0.15, -0.1) is 24.8 Å². The molecule has 0 N–H and O–H groups in total. The van der Waals surface area contributed by atoms with Crippen molar-refractivity contribution in [3.63, 3.8) is 0 Å². The number of halogens is 2. The van der Waals surface area contributed by atoms with Gasteiger partial charge in [-0.3, -0.25) is 9.80 Å². The van der Waals surface area contributed by atoms with Crippen molar-refractivity contribution in [2.75, 3.05) is 39.3 Å². The van der Waals surface area contributed by atoms with Crippen LogP contribution in [0.4, 0.5) is 0 Å². The van der Waals surface area contributed by atoms with Gasteiger partial charge in [0.15, 0.2) is 0 Å². The van der Waals surface area contributed by atoms with Crippen molar-refractivity contribution in [1.29, 1.82) is 0 Å². The second kappa shape index (κ2) is 11.1. The minimum atomic E-state index is 0. The monoisotopic (exact) mass is 294 g/mol. The summed E-state index contributed by atoms with van der Waals surface area (Å²) >= 11 is 0. The number of piperidine rings is 2. The zero-order valence-electron chi connectivity index (χ0n) is 11.4. The van der Waals surface area contributed by atoms with Crippen LogP contribution in [0.3, 0.4) is 0 Å². The molecule has 2 aliphatic rings. The minimum Gasteiger partial charge on any atom is -0.300 e. The van der Waals surface area contributed by atoms with Gasteiger partial charge in [-0.05, 0) is 51.9 Å². The Bertz CT molecular complexity index is 188. The molecular formula is C14H28Cl2N2. The molecule has 2 saturated heterocycles. The third kappa shape index (κ3) is 6.98. The lowest BCUT2D eigenvalue weighted by Crippen LogP contribution is -2.31. The standard InChI is InChI=1S/C14H26N2.2ClH/c1-3-9-15(10-4-1)13-7-8-14-16-11-5-2-6-12-16;;/h7-8H,1-6,9-14H2;2*1H. The van der Waals surface area contributed by atoms with E-state index in [4.69, 9.17) is 0 Å². The molecule has 2 rings (SSSR count). The lowest BCUT2D eigenvalue weighted by atomic mass is 10.1. The molecule has 0 bridgehead atoms. The molecule has 0 aliphatic carbocycles. The number of nitrogens with zero attached hydrogens (tertiary/aromatic N) is 2. The van der Waals surface area contributed by atoms with E-state index in [9.17, 15) is 0 Å². The number of likely N-dealkylation sites (tertiary alicyclic amines) is 2. The summed E-state index contributed by atoms with van der Waals surface area (Å²) in [6.45, 7) is 7.60. The van der Waals surface area contributed by atoms with Gasteiger partial charge >= 0.3 is 0 Å². The van der Waals surface area contributed by atoms with Crippen LogP contribution in [0.2, 0.25) is 0 Å². The summed E-state index contributed by atoms with van der Waals surface area (Å²) in [5.74, 6) is 0. The predicted molar refractivity (Wildman–Crippen MR) is 84.2 cm³/mol. The Morgan fingerprint density at radius 3 is 1.22 bits per heavy atom. The molecule has 0 unspecified atom stereocenters. The van der Waals surface area contributed by atoms with Crippen molar-refractivity contribution in [2.24, 2.45) is 0 Å². The van der Waals surface area contributed by atoms with Gasteiger partial charge < -0.3 is 0 Å². The molecule has 108 valence electrons. The quantitative estimate of drug-likeness (QED) is 0.734. The summed E-state index contributed by atoms with van der Waals surface area (Å²) in [6.07, 6.45) is 13.2. The summed E-state index contributed by atoms with van der Waals surface area (Å²) in [5.41, 5.74) is 0. The second-order valence-electron chi connectivity index (χ2n) is 5.19. The van der Waals surface area contributed by atoms with Crippen LogP contribution in [0.15, 0.2) is 12.2 Å². The molecule has 0 spiro atoms. The number of hydrogen-bond acceptors (Lipinski definition) is 2. The van der Waals surface area contributed by atoms with Crippen molar-refractivity contribution in [3.05, 3.63) is 12.2 Å². The highest BCUT2D eigenvalue weighted by Gasteiger charge is 2.09. The smallest absolute Gasteiger partial charge is 0.0163 e. The van der Waals surface area contributed by atoms with E-state index < -0.39 is 0 Å². The van der Waals surface area contributed by atoms with Crippen LogP contribution in [-0.4, -0.2) is 49.1 Å². The highest BCUT2D eigenvalue weighted by atomic mass is 35.5. The Hall–Kier alpha value is 0.240. The van der Waals surface area contributed by atoms with E-state index >= 15 is 0 Å². The fourth-order valence-electron chi connectivity index (χ4n) is 2.73. The first-order valence-electron chi connectivity index (χ1n) is 7.05. The van der Waals surface area contributed by atoms with Crippen molar-refractivity contribution in [3.8, 4) is 0 Å². The first kappa shape index (κ1) is 18.2. The van der Waals surface area contributed by atoms with Gasteiger partial charge in [-0.1, -0.05) is 25.0 Å². The molecular weight excluding hydrogens is 267 g/mol. The van der Waals surface area contributed by atoms with Crippen LogP contribution >= 0.6 is 24.8 Å². The van der Waals surface area contributed by atoms with Crippen LogP contribution in [0.1, 0.15) is 38.5 Å². The zero-order chi connectivity index (χ0) is 11.1. The van der Waals surface area contributed by atoms with Gasteiger partial charge in [0.2, 0.25) is 0 Å². The first-order valence-corrected chi connectivity index (χ1v) is 7.05. The zero-order valence-corrected chi connectivity index (χ0v) is 13.0. The fraction of sp³-hybridized carbons (Fsp3) is 0.857. The topological polar surface area (TPSA) is 6.48 Å². The Labute approximate surface area is 125 Å². The van der Waals surface area contributed by atoms with E-state index in [1.54, 1.807) is 0 Å². The van der Waals surface area contributed by atoms with Gasteiger partial charge in [-0.2, -0.15) is 0 Å². The molecule has 0 aromatic carbocycles. The maximum Gasteiger partial charge on any atom is 0.0163 e. The van der Waals surface area contributed by atoms with Gasteiger partial charge in [0.05, 0.1) is 0 Å². The normalized spacial score (nSPS) is 22.4. The molecule has 0 radical (unpaired) electrons. The van der Waals surface area contributed by atoms with Crippen LogP contribution in [0.5, 0.6) is 0 Å². The summed E-state index contributed by atoms with van der Waals surface area (Å²) in [6, 6.07) is 0. The van der Waals surface area contributed by atoms with Gasteiger partial charge in [0, 0.05) is 13.1 Å². The molecule has 0 saturated carbocycles. The predicted octanol–water partition coefficient (Wildman–Crippen LogP) is 3.36. The molecule has 2 nitrogen and oxygen atoms in total. The number of hydrogen-bond donors (Lipinski definition) is 0. The Kier molecular flexibility index (Phi) is 11.2. The number of rotatable bonds is 4. The Morgan fingerprint density at radius 2 is 0.889 bits per heavy atom. The Morgan fingerprint density at radius 1 is 0.556 bits per heavy atom. The average Bonchev–Trinajstić information content (AvgIpc) is 2.37. The molecule has 0 aromatic rings. The molecule has 0 atom stereocenters. The van der Waals surface area contributed by atoms with E-state index in [0.29, 0.717) is 0 Å². The summed E-state index contributed by atoms with van der Waals surface area (Å²) in [5, 5.41) is 0. The molecule has 4 heteroatoms. The average molecular weight is 295 g/mol. The first-order chi connectivity index (χ1) is 7.95. The SMILES string of the molecule is C(=CCN1CCCCC1)CN1CCCCC1.Cl.Cl. The maximum atomic E-state index is 2.58.